The van der Waals surface area contributed by atoms with Gasteiger partial charge in [-0.15, -0.1) is 0 Å². The van der Waals surface area contributed by atoms with Gasteiger partial charge in [-0.2, -0.15) is 0 Å². The number of hydrogen-bond donors (Lipinski definition) is 1. The van der Waals surface area contributed by atoms with Crippen LogP contribution in [0.1, 0.15) is 33.4 Å². The van der Waals surface area contributed by atoms with E-state index >= 15 is 0 Å². The average Bonchev–Trinajstić information content (AvgIpc) is 2.33. The molecule has 2 N–H and O–H groups in total. The van der Waals surface area contributed by atoms with E-state index in [1.54, 1.807) is 0 Å². The summed E-state index contributed by atoms with van der Waals surface area (Å²) in [7, 11) is 0. The number of ether oxygens (including phenoxy) is 1. The fourth-order valence-corrected chi connectivity index (χ4v) is 2.59. The lowest BCUT2D eigenvalue weighted by Crippen LogP contribution is -2.03. The van der Waals surface area contributed by atoms with E-state index in [1.165, 1.54) is 22.3 Å². The van der Waals surface area contributed by atoms with Gasteiger partial charge in [0.05, 0.1) is 0 Å². The van der Waals surface area contributed by atoms with Crippen molar-refractivity contribution in [3.8, 4) is 5.75 Å². The van der Waals surface area contributed by atoms with Crippen LogP contribution in [0.4, 0.5) is 5.69 Å². The van der Waals surface area contributed by atoms with E-state index in [-0.39, 0.29) is 0 Å². The van der Waals surface area contributed by atoms with Crippen molar-refractivity contribution in [1.29, 1.82) is 0 Å². The van der Waals surface area contributed by atoms with E-state index in [0.29, 0.717) is 6.61 Å². The highest BCUT2D eigenvalue weighted by Gasteiger charge is 2.07. The van der Waals surface area contributed by atoms with Gasteiger partial charge in [-0.25, -0.2) is 0 Å². The third kappa shape index (κ3) is 2.96. The summed E-state index contributed by atoms with van der Waals surface area (Å²) >= 11 is 0. The molecule has 0 aliphatic carbocycles. The third-order valence-electron chi connectivity index (χ3n) is 3.78. The molecule has 0 heterocycles. The van der Waals surface area contributed by atoms with E-state index < -0.39 is 0 Å². The number of nitrogens with two attached hydrogens (primary N) is 1. The second kappa shape index (κ2) is 5.58. The van der Waals surface area contributed by atoms with Gasteiger partial charge in [-0.1, -0.05) is 23.8 Å². The van der Waals surface area contributed by atoms with Crippen LogP contribution in [0.2, 0.25) is 0 Å². The molecule has 0 amide bonds. The molecule has 106 valence electrons. The maximum atomic E-state index is 5.98. The Labute approximate surface area is 121 Å². The van der Waals surface area contributed by atoms with Crippen molar-refractivity contribution in [3.63, 3.8) is 0 Å². The molecule has 20 heavy (non-hydrogen) atoms. The lowest BCUT2D eigenvalue weighted by atomic mass is 10.0. The minimum absolute atomic E-state index is 0.585. The Morgan fingerprint density at radius 2 is 1.40 bits per heavy atom. The van der Waals surface area contributed by atoms with Crippen LogP contribution in [0.15, 0.2) is 24.3 Å². The van der Waals surface area contributed by atoms with Crippen LogP contribution in [0.25, 0.3) is 0 Å². The Hall–Kier alpha value is -1.96. The molecule has 0 atom stereocenters. The molecule has 0 saturated heterocycles. The molecule has 2 nitrogen and oxygen atoms in total. The predicted octanol–water partition coefficient (Wildman–Crippen LogP) is 4.39. The fourth-order valence-electron chi connectivity index (χ4n) is 2.59. The lowest BCUT2D eigenvalue weighted by molar-refractivity contribution is 0.302. The Kier molecular flexibility index (Phi) is 4.03. The largest absolute Gasteiger partial charge is 0.489 e. The summed E-state index contributed by atoms with van der Waals surface area (Å²) < 4.78 is 5.98. The van der Waals surface area contributed by atoms with E-state index in [9.17, 15) is 0 Å². The number of rotatable bonds is 3. The molecule has 0 aromatic heterocycles. The molecule has 2 aromatic rings. The van der Waals surface area contributed by atoms with Crippen LogP contribution >= 0.6 is 0 Å². The van der Waals surface area contributed by atoms with Crippen molar-refractivity contribution in [2.45, 2.75) is 41.2 Å². The summed E-state index contributed by atoms with van der Waals surface area (Å²) in [5.74, 6) is 0.868. The lowest BCUT2D eigenvalue weighted by Gasteiger charge is -2.15. The molecule has 0 fully saturated rings. The molecule has 0 aliphatic rings. The maximum Gasteiger partial charge on any atom is 0.124 e. The van der Waals surface area contributed by atoms with Crippen LogP contribution in [0, 0.1) is 34.6 Å². The van der Waals surface area contributed by atoms with Crippen LogP contribution in [0.3, 0.4) is 0 Å². The van der Waals surface area contributed by atoms with Gasteiger partial charge in [0.15, 0.2) is 0 Å². The maximum absolute atomic E-state index is 5.98. The normalized spacial score (nSPS) is 10.7. The zero-order valence-electron chi connectivity index (χ0n) is 13.0. The minimum Gasteiger partial charge on any atom is -0.489 e. The van der Waals surface area contributed by atoms with Gasteiger partial charge in [0.1, 0.15) is 12.4 Å². The molecular formula is C18H23NO. The average molecular weight is 269 g/mol. The van der Waals surface area contributed by atoms with Gasteiger partial charge in [-0.05, 0) is 62.4 Å². The SMILES string of the molecule is Cc1cc(C)c(COc2cc(N)c(C)cc2C)c(C)c1. The van der Waals surface area contributed by atoms with Crippen molar-refractivity contribution in [2.75, 3.05) is 5.73 Å². The Balaban J connectivity index is 2.23. The number of nitrogen functional groups attached to an aromatic ring is 1. The number of anilines is 1. The number of aryl methyl sites for hydroxylation is 5. The Morgan fingerprint density at radius 3 is 2.00 bits per heavy atom. The second-order valence-electron chi connectivity index (χ2n) is 5.64. The highest BCUT2D eigenvalue weighted by molar-refractivity contribution is 5.54. The van der Waals surface area contributed by atoms with E-state index in [1.807, 2.05) is 13.0 Å². The molecule has 0 unspecified atom stereocenters. The standard InChI is InChI=1S/C18H23NO/c1-11-6-12(2)16(13(3)7-11)10-20-18-9-17(19)14(4)8-15(18)5/h6-9H,10,19H2,1-5H3. The first kappa shape index (κ1) is 14.4. The first-order valence-electron chi connectivity index (χ1n) is 6.94. The Bertz CT molecular complexity index is 621. The molecule has 2 rings (SSSR count). The smallest absolute Gasteiger partial charge is 0.124 e. The van der Waals surface area contributed by atoms with E-state index in [4.69, 9.17) is 10.5 Å². The number of benzene rings is 2. The van der Waals surface area contributed by atoms with E-state index in [0.717, 1.165) is 22.6 Å². The van der Waals surface area contributed by atoms with Gasteiger partial charge in [0, 0.05) is 11.8 Å². The summed E-state index contributed by atoms with van der Waals surface area (Å²) in [6.07, 6.45) is 0. The van der Waals surface area contributed by atoms with Crippen molar-refractivity contribution in [1.82, 2.24) is 0 Å². The second-order valence-corrected chi connectivity index (χ2v) is 5.64. The van der Waals surface area contributed by atoms with Gasteiger partial charge >= 0.3 is 0 Å². The molecule has 0 aliphatic heterocycles. The van der Waals surface area contributed by atoms with Crippen LogP contribution in [-0.4, -0.2) is 0 Å². The summed E-state index contributed by atoms with van der Waals surface area (Å²) in [5, 5.41) is 0. The molecule has 0 bridgehead atoms. The molecule has 2 aromatic carbocycles. The topological polar surface area (TPSA) is 35.2 Å². The van der Waals surface area contributed by atoms with Crippen molar-refractivity contribution < 1.29 is 4.74 Å². The fraction of sp³-hybridized carbons (Fsp3) is 0.333. The quantitative estimate of drug-likeness (QED) is 0.839. The van der Waals surface area contributed by atoms with Gasteiger partial charge in [0.25, 0.3) is 0 Å². The highest BCUT2D eigenvalue weighted by atomic mass is 16.5. The molecule has 2 heteroatoms. The minimum atomic E-state index is 0.585. The van der Waals surface area contributed by atoms with Gasteiger partial charge in [0.2, 0.25) is 0 Å². The molecule has 0 saturated carbocycles. The van der Waals surface area contributed by atoms with Gasteiger partial charge < -0.3 is 10.5 Å². The van der Waals surface area contributed by atoms with Crippen molar-refractivity contribution in [2.24, 2.45) is 0 Å². The predicted molar refractivity (Wildman–Crippen MR) is 85.3 cm³/mol. The summed E-state index contributed by atoms with van der Waals surface area (Å²) in [6.45, 7) is 11.0. The van der Waals surface area contributed by atoms with E-state index in [2.05, 4.69) is 45.9 Å². The molecule has 0 spiro atoms. The van der Waals surface area contributed by atoms with Gasteiger partial charge in [-0.3, -0.25) is 0 Å². The van der Waals surface area contributed by atoms with Crippen LogP contribution < -0.4 is 10.5 Å². The van der Waals surface area contributed by atoms with Crippen LogP contribution in [0.5, 0.6) is 5.75 Å². The highest BCUT2D eigenvalue weighted by Crippen LogP contribution is 2.26. The number of hydrogen-bond acceptors (Lipinski definition) is 2. The summed E-state index contributed by atoms with van der Waals surface area (Å²) in [6, 6.07) is 8.38. The van der Waals surface area contributed by atoms with Crippen molar-refractivity contribution >= 4 is 5.69 Å². The zero-order valence-corrected chi connectivity index (χ0v) is 13.0. The monoisotopic (exact) mass is 269 g/mol. The first-order valence-corrected chi connectivity index (χ1v) is 6.94. The zero-order chi connectivity index (χ0) is 14.9. The first-order chi connectivity index (χ1) is 9.38. The summed E-state index contributed by atoms with van der Waals surface area (Å²) in [4.78, 5) is 0. The summed E-state index contributed by atoms with van der Waals surface area (Å²) in [5.41, 5.74) is 14.1. The van der Waals surface area contributed by atoms with Crippen LogP contribution in [-0.2, 0) is 6.61 Å². The Morgan fingerprint density at radius 1 is 0.800 bits per heavy atom. The molecule has 0 radical (unpaired) electrons. The van der Waals surface area contributed by atoms with Crippen molar-refractivity contribution in [3.05, 3.63) is 57.6 Å². The third-order valence-corrected chi connectivity index (χ3v) is 3.78. The molecular weight excluding hydrogens is 246 g/mol.